The van der Waals surface area contributed by atoms with Crippen molar-refractivity contribution in [3.05, 3.63) is 64.8 Å². The van der Waals surface area contributed by atoms with Crippen molar-refractivity contribution in [1.29, 1.82) is 0 Å². The number of fused-ring (bicyclic) bond motifs is 1. The van der Waals surface area contributed by atoms with Crippen molar-refractivity contribution in [3.63, 3.8) is 0 Å². The molecule has 0 aromatic carbocycles. The van der Waals surface area contributed by atoms with E-state index in [-0.39, 0.29) is 17.1 Å². The maximum Gasteiger partial charge on any atom is 0.273 e. The molecule has 5 rings (SSSR count). The molecule has 3 unspecified atom stereocenters. The Balaban J connectivity index is 1.40. The minimum absolute atomic E-state index is 0.0719. The minimum atomic E-state index is -0.136. The molecule has 158 valence electrons. The van der Waals surface area contributed by atoms with Crippen LogP contribution in [0.25, 0.3) is 11.4 Å². The van der Waals surface area contributed by atoms with Crippen LogP contribution in [0.2, 0.25) is 10.2 Å². The van der Waals surface area contributed by atoms with E-state index in [0.717, 1.165) is 12.8 Å². The molecule has 4 heterocycles. The Morgan fingerprint density at radius 1 is 1.10 bits per heavy atom. The Kier molecular flexibility index (Phi) is 5.46. The zero-order chi connectivity index (χ0) is 21.4. The Labute approximate surface area is 189 Å². The molecular weight excluding hydrogens is 437 g/mol. The van der Waals surface area contributed by atoms with Gasteiger partial charge in [-0.1, -0.05) is 23.2 Å². The van der Waals surface area contributed by atoms with Gasteiger partial charge in [-0.05, 0) is 48.9 Å². The van der Waals surface area contributed by atoms with Crippen molar-refractivity contribution in [1.82, 2.24) is 24.8 Å². The van der Waals surface area contributed by atoms with E-state index in [9.17, 15) is 4.79 Å². The Hall–Kier alpha value is -2.77. The standard InChI is InChI=1S/C22H19Cl2N5O2/c23-14-9-18(24)28-19(10-14)31-12-17-15-5-4-13(15)11-29(17)22(30)20-16(3-1-6-25-20)21-26-7-2-8-27-21/h1-3,6-10,13,15,17H,4-5,11-12H2. The van der Waals surface area contributed by atoms with E-state index in [1.54, 1.807) is 42.9 Å². The van der Waals surface area contributed by atoms with Crippen molar-refractivity contribution >= 4 is 29.1 Å². The molecule has 3 atom stereocenters. The lowest BCUT2D eigenvalue weighted by Crippen LogP contribution is -2.43. The highest BCUT2D eigenvalue weighted by Crippen LogP contribution is 2.45. The first-order valence-electron chi connectivity index (χ1n) is 10.1. The lowest BCUT2D eigenvalue weighted by Gasteiger charge is -2.33. The lowest BCUT2D eigenvalue weighted by atomic mass is 9.73. The topological polar surface area (TPSA) is 81.1 Å². The first-order chi connectivity index (χ1) is 15.1. The fraction of sp³-hybridized carbons (Fsp3) is 0.318. The molecule has 7 nitrogen and oxygen atoms in total. The van der Waals surface area contributed by atoms with Crippen molar-refractivity contribution in [3.8, 4) is 17.3 Å². The summed E-state index contributed by atoms with van der Waals surface area (Å²) >= 11 is 12.0. The number of amides is 1. The van der Waals surface area contributed by atoms with Crippen LogP contribution in [0, 0.1) is 11.8 Å². The van der Waals surface area contributed by atoms with Gasteiger partial charge in [0.05, 0.1) is 11.6 Å². The van der Waals surface area contributed by atoms with Crippen LogP contribution in [0.1, 0.15) is 23.3 Å². The maximum atomic E-state index is 13.6. The highest BCUT2D eigenvalue weighted by Gasteiger charge is 2.49. The predicted molar refractivity (Wildman–Crippen MR) is 116 cm³/mol. The molecule has 1 amide bonds. The molecule has 0 N–H and O–H groups in total. The first-order valence-corrected chi connectivity index (χ1v) is 10.8. The quantitative estimate of drug-likeness (QED) is 0.536. The lowest BCUT2D eigenvalue weighted by molar-refractivity contribution is 0.0642. The first kappa shape index (κ1) is 20.2. The van der Waals surface area contributed by atoms with E-state index < -0.39 is 0 Å². The summed E-state index contributed by atoms with van der Waals surface area (Å²) in [5, 5.41) is 0.723. The van der Waals surface area contributed by atoms with Crippen LogP contribution in [-0.2, 0) is 0 Å². The van der Waals surface area contributed by atoms with Gasteiger partial charge >= 0.3 is 0 Å². The molecule has 1 saturated carbocycles. The third-order valence-electron chi connectivity index (χ3n) is 6.02. The molecule has 0 spiro atoms. The molecule has 3 aromatic heterocycles. The SMILES string of the molecule is O=C(c1ncccc1-c1ncccn1)N1CC2CCC2C1COc1cc(Cl)cc(Cl)n1. The summed E-state index contributed by atoms with van der Waals surface area (Å²) < 4.78 is 5.92. The summed E-state index contributed by atoms with van der Waals surface area (Å²) in [5.74, 6) is 1.58. The van der Waals surface area contributed by atoms with Gasteiger partial charge < -0.3 is 9.64 Å². The number of carbonyl (C=O) groups is 1. The van der Waals surface area contributed by atoms with Crippen LogP contribution in [0.15, 0.2) is 48.9 Å². The molecule has 2 aliphatic rings. The maximum absolute atomic E-state index is 13.6. The van der Waals surface area contributed by atoms with Gasteiger partial charge in [0, 0.05) is 36.2 Å². The highest BCUT2D eigenvalue weighted by molar-refractivity contribution is 6.34. The van der Waals surface area contributed by atoms with E-state index in [0.29, 0.717) is 53.0 Å². The fourth-order valence-electron chi connectivity index (χ4n) is 4.41. The number of carbonyl (C=O) groups excluding carboxylic acids is 1. The van der Waals surface area contributed by atoms with Gasteiger partial charge in [-0.25, -0.2) is 15.0 Å². The number of nitrogens with zero attached hydrogens (tertiary/aromatic N) is 5. The van der Waals surface area contributed by atoms with Gasteiger partial charge in [0.15, 0.2) is 5.82 Å². The van der Waals surface area contributed by atoms with Crippen LogP contribution in [-0.4, -0.2) is 49.9 Å². The van der Waals surface area contributed by atoms with Gasteiger partial charge in [0.25, 0.3) is 5.91 Å². The molecule has 0 bridgehead atoms. The number of halogens is 2. The normalized spacial score (nSPS) is 22.0. The second-order valence-electron chi connectivity index (χ2n) is 7.76. The van der Waals surface area contributed by atoms with E-state index in [4.69, 9.17) is 27.9 Å². The fourth-order valence-corrected chi connectivity index (χ4v) is 4.87. The highest BCUT2D eigenvalue weighted by atomic mass is 35.5. The second-order valence-corrected chi connectivity index (χ2v) is 8.58. The van der Waals surface area contributed by atoms with Crippen molar-refractivity contribution in [2.45, 2.75) is 18.9 Å². The van der Waals surface area contributed by atoms with E-state index in [1.807, 2.05) is 11.0 Å². The van der Waals surface area contributed by atoms with Crippen LogP contribution in [0.4, 0.5) is 0 Å². The summed E-state index contributed by atoms with van der Waals surface area (Å²) in [6, 6.07) is 8.45. The van der Waals surface area contributed by atoms with Gasteiger partial charge in [0.1, 0.15) is 17.5 Å². The molecule has 2 fully saturated rings. The number of ether oxygens (including phenoxy) is 1. The van der Waals surface area contributed by atoms with Crippen LogP contribution < -0.4 is 4.74 Å². The Morgan fingerprint density at radius 2 is 1.90 bits per heavy atom. The Bertz CT molecular complexity index is 1090. The number of hydrogen-bond donors (Lipinski definition) is 0. The van der Waals surface area contributed by atoms with Gasteiger partial charge in [-0.2, -0.15) is 0 Å². The van der Waals surface area contributed by atoms with Crippen molar-refractivity contribution in [2.24, 2.45) is 11.8 Å². The minimum Gasteiger partial charge on any atom is -0.475 e. The molecule has 0 radical (unpaired) electrons. The molecule has 9 heteroatoms. The number of hydrogen-bond acceptors (Lipinski definition) is 6. The molecule has 1 saturated heterocycles. The summed E-state index contributed by atoms with van der Waals surface area (Å²) in [4.78, 5) is 32.6. The summed E-state index contributed by atoms with van der Waals surface area (Å²) in [6.07, 6.45) is 7.11. The number of likely N-dealkylation sites (tertiary alicyclic amines) is 1. The zero-order valence-electron chi connectivity index (χ0n) is 16.5. The molecule has 1 aliphatic carbocycles. The predicted octanol–water partition coefficient (Wildman–Crippen LogP) is 4.17. The van der Waals surface area contributed by atoms with E-state index >= 15 is 0 Å². The summed E-state index contributed by atoms with van der Waals surface area (Å²) in [5.41, 5.74) is 0.972. The molecule has 31 heavy (non-hydrogen) atoms. The average molecular weight is 456 g/mol. The second kappa shape index (κ2) is 8.40. The van der Waals surface area contributed by atoms with Crippen molar-refractivity contribution < 1.29 is 9.53 Å². The van der Waals surface area contributed by atoms with Gasteiger partial charge in [-0.3, -0.25) is 9.78 Å². The number of pyridine rings is 2. The zero-order valence-corrected chi connectivity index (χ0v) is 18.0. The third-order valence-corrected chi connectivity index (χ3v) is 6.43. The van der Waals surface area contributed by atoms with E-state index in [1.165, 1.54) is 0 Å². The Morgan fingerprint density at radius 3 is 2.65 bits per heavy atom. The summed E-state index contributed by atoms with van der Waals surface area (Å²) in [7, 11) is 0. The van der Waals surface area contributed by atoms with Crippen LogP contribution in [0.3, 0.4) is 0 Å². The van der Waals surface area contributed by atoms with Gasteiger partial charge in [-0.15, -0.1) is 0 Å². The van der Waals surface area contributed by atoms with Crippen molar-refractivity contribution in [2.75, 3.05) is 13.2 Å². The molecule has 1 aliphatic heterocycles. The van der Waals surface area contributed by atoms with Crippen LogP contribution in [0.5, 0.6) is 5.88 Å². The number of aromatic nitrogens is 4. The average Bonchev–Trinajstić information content (AvgIpc) is 3.01. The largest absolute Gasteiger partial charge is 0.475 e. The number of rotatable bonds is 5. The van der Waals surface area contributed by atoms with E-state index in [2.05, 4.69) is 19.9 Å². The molecular formula is C22H19Cl2N5O2. The van der Waals surface area contributed by atoms with Crippen LogP contribution >= 0.6 is 23.2 Å². The third kappa shape index (κ3) is 3.95. The molecule has 3 aromatic rings. The van der Waals surface area contributed by atoms with Gasteiger partial charge in [0.2, 0.25) is 5.88 Å². The smallest absolute Gasteiger partial charge is 0.273 e. The summed E-state index contributed by atoms with van der Waals surface area (Å²) in [6.45, 7) is 1.01. The monoisotopic (exact) mass is 455 g/mol.